The van der Waals surface area contributed by atoms with Crippen molar-refractivity contribution in [2.75, 3.05) is 0 Å². The molecule has 7 heteroatoms. The third-order valence-electron chi connectivity index (χ3n) is 1.15. The van der Waals surface area contributed by atoms with Crippen LogP contribution in [0.2, 0.25) is 0 Å². The van der Waals surface area contributed by atoms with Gasteiger partial charge in [0.25, 0.3) is 0 Å². The molecule has 0 aliphatic carbocycles. The highest BCUT2D eigenvalue weighted by atomic mass is 19.4. The zero-order chi connectivity index (χ0) is 9.99. The number of halogens is 3. The van der Waals surface area contributed by atoms with Crippen LogP contribution in [0.25, 0.3) is 0 Å². The SMILES string of the molecule is CC(C)(OC(=O)NN)C(F)(F)F. The number of amides is 1. The van der Waals surface area contributed by atoms with Crippen molar-refractivity contribution in [1.82, 2.24) is 5.43 Å². The Bertz CT molecular complexity index is 178. The summed E-state index contributed by atoms with van der Waals surface area (Å²) in [6, 6.07) is 0. The van der Waals surface area contributed by atoms with Crippen LogP contribution in [0.4, 0.5) is 18.0 Å². The fraction of sp³-hybridized carbons (Fsp3) is 0.800. The Morgan fingerprint density at radius 2 is 1.83 bits per heavy atom. The molecule has 0 aliphatic heterocycles. The summed E-state index contributed by atoms with van der Waals surface area (Å²) < 4.78 is 39.9. The first-order chi connectivity index (χ1) is 5.20. The van der Waals surface area contributed by atoms with Crippen LogP contribution in [0.3, 0.4) is 0 Å². The monoisotopic (exact) mass is 186 g/mol. The number of hydrogen-bond acceptors (Lipinski definition) is 3. The van der Waals surface area contributed by atoms with Crippen molar-refractivity contribution < 1.29 is 22.7 Å². The number of nitrogens with two attached hydrogens (primary N) is 1. The van der Waals surface area contributed by atoms with Crippen LogP contribution >= 0.6 is 0 Å². The molecule has 4 nitrogen and oxygen atoms in total. The lowest BCUT2D eigenvalue weighted by atomic mass is 10.1. The first-order valence-electron chi connectivity index (χ1n) is 2.97. The minimum absolute atomic E-state index is 0.724. The second-order valence-electron chi connectivity index (χ2n) is 2.54. The third-order valence-corrected chi connectivity index (χ3v) is 1.15. The van der Waals surface area contributed by atoms with Crippen molar-refractivity contribution >= 4 is 6.09 Å². The minimum Gasteiger partial charge on any atom is -0.433 e. The van der Waals surface area contributed by atoms with Gasteiger partial charge in [0.15, 0.2) is 0 Å². The molecule has 0 aliphatic rings. The van der Waals surface area contributed by atoms with Crippen molar-refractivity contribution in [3.63, 3.8) is 0 Å². The summed E-state index contributed by atoms with van der Waals surface area (Å²) in [7, 11) is 0. The highest BCUT2D eigenvalue weighted by Crippen LogP contribution is 2.32. The zero-order valence-electron chi connectivity index (χ0n) is 6.53. The number of hydrogen-bond donors (Lipinski definition) is 2. The largest absolute Gasteiger partial charge is 0.433 e. The molecule has 0 aromatic carbocycles. The molecule has 0 aromatic heterocycles. The molecular weight excluding hydrogens is 177 g/mol. The summed E-state index contributed by atoms with van der Waals surface area (Å²) in [4.78, 5) is 10.3. The number of alkyl halides is 3. The summed E-state index contributed by atoms with van der Waals surface area (Å²) in [6.45, 7) is 1.45. The standard InChI is InChI=1S/C5H9F3N2O2/c1-4(2,5(6,7)8)12-3(11)10-9/h9H2,1-2H3,(H,10,11). The molecule has 0 spiro atoms. The summed E-state index contributed by atoms with van der Waals surface area (Å²) in [5, 5.41) is 0. The molecule has 0 bridgehead atoms. The van der Waals surface area contributed by atoms with Crippen LogP contribution in [0, 0.1) is 0 Å². The summed E-state index contributed by atoms with van der Waals surface area (Å²) in [5.74, 6) is 4.53. The molecule has 72 valence electrons. The molecule has 0 unspecified atom stereocenters. The van der Waals surface area contributed by atoms with E-state index in [4.69, 9.17) is 0 Å². The Hall–Kier alpha value is -0.980. The Kier molecular flexibility index (Phi) is 2.92. The first-order valence-corrected chi connectivity index (χ1v) is 2.97. The van der Waals surface area contributed by atoms with E-state index in [0.717, 1.165) is 13.8 Å². The molecule has 12 heavy (non-hydrogen) atoms. The van der Waals surface area contributed by atoms with Crippen molar-refractivity contribution in [2.45, 2.75) is 25.6 Å². The van der Waals surface area contributed by atoms with Gasteiger partial charge in [-0.3, -0.25) is 5.43 Å². The number of hydrazine groups is 1. The summed E-state index contributed by atoms with van der Waals surface area (Å²) >= 11 is 0. The Labute approximate surface area is 66.8 Å². The average Bonchev–Trinajstić information content (AvgIpc) is 1.84. The molecule has 0 saturated heterocycles. The topological polar surface area (TPSA) is 64.3 Å². The number of ether oxygens (including phenoxy) is 1. The quantitative estimate of drug-likeness (QED) is 0.363. The van der Waals surface area contributed by atoms with E-state index in [1.807, 2.05) is 0 Å². The van der Waals surface area contributed by atoms with Gasteiger partial charge in [0, 0.05) is 0 Å². The van der Waals surface area contributed by atoms with E-state index in [1.54, 1.807) is 0 Å². The van der Waals surface area contributed by atoms with Crippen molar-refractivity contribution in [3.05, 3.63) is 0 Å². The van der Waals surface area contributed by atoms with Crippen LogP contribution < -0.4 is 11.3 Å². The highest BCUT2D eigenvalue weighted by Gasteiger charge is 2.50. The second kappa shape index (κ2) is 3.18. The molecular formula is C5H9F3N2O2. The highest BCUT2D eigenvalue weighted by molar-refractivity contribution is 5.66. The fourth-order valence-electron chi connectivity index (χ4n) is 0.319. The van der Waals surface area contributed by atoms with Crippen molar-refractivity contribution in [1.29, 1.82) is 0 Å². The van der Waals surface area contributed by atoms with Gasteiger partial charge >= 0.3 is 12.3 Å². The van der Waals surface area contributed by atoms with E-state index in [1.165, 1.54) is 5.43 Å². The Balaban J connectivity index is 4.33. The smallest absolute Gasteiger partial charge is 0.427 e. The lowest BCUT2D eigenvalue weighted by molar-refractivity contribution is -0.243. The second-order valence-corrected chi connectivity index (χ2v) is 2.54. The molecule has 3 N–H and O–H groups in total. The molecule has 0 heterocycles. The molecule has 0 aromatic rings. The van der Waals surface area contributed by atoms with Crippen LogP contribution in [0.1, 0.15) is 13.8 Å². The lowest BCUT2D eigenvalue weighted by Crippen LogP contribution is -2.47. The maximum Gasteiger partial charge on any atom is 0.427 e. The third kappa shape index (κ3) is 2.57. The van der Waals surface area contributed by atoms with Crippen LogP contribution in [0.5, 0.6) is 0 Å². The number of nitrogens with one attached hydrogen (secondary N) is 1. The van der Waals surface area contributed by atoms with Crippen LogP contribution in [0.15, 0.2) is 0 Å². The van der Waals surface area contributed by atoms with E-state index in [9.17, 15) is 18.0 Å². The summed E-state index contributed by atoms with van der Waals surface area (Å²) in [6.07, 6.45) is -5.93. The number of carbonyl (C=O) groups excluding carboxylic acids is 1. The van der Waals surface area contributed by atoms with Gasteiger partial charge in [-0.25, -0.2) is 10.6 Å². The van der Waals surface area contributed by atoms with Crippen molar-refractivity contribution in [2.24, 2.45) is 5.84 Å². The van der Waals surface area contributed by atoms with E-state index in [-0.39, 0.29) is 0 Å². The van der Waals surface area contributed by atoms with Gasteiger partial charge < -0.3 is 4.74 Å². The first kappa shape index (κ1) is 11.0. The van der Waals surface area contributed by atoms with Gasteiger partial charge in [0.1, 0.15) is 0 Å². The van der Waals surface area contributed by atoms with Gasteiger partial charge in [-0.15, -0.1) is 0 Å². The lowest BCUT2D eigenvalue weighted by Gasteiger charge is -2.26. The van der Waals surface area contributed by atoms with Gasteiger partial charge in [-0.1, -0.05) is 0 Å². The average molecular weight is 186 g/mol. The molecule has 0 fully saturated rings. The van der Waals surface area contributed by atoms with E-state index < -0.39 is 17.9 Å². The predicted molar refractivity (Wildman–Crippen MR) is 33.9 cm³/mol. The predicted octanol–water partition coefficient (Wildman–Crippen LogP) is 0.927. The fourth-order valence-corrected chi connectivity index (χ4v) is 0.319. The van der Waals surface area contributed by atoms with E-state index >= 15 is 0 Å². The van der Waals surface area contributed by atoms with Gasteiger partial charge in [0.05, 0.1) is 0 Å². The molecule has 0 rings (SSSR count). The van der Waals surface area contributed by atoms with Gasteiger partial charge in [-0.05, 0) is 13.8 Å². The van der Waals surface area contributed by atoms with E-state index in [0.29, 0.717) is 0 Å². The van der Waals surface area contributed by atoms with Gasteiger partial charge in [-0.2, -0.15) is 13.2 Å². The Morgan fingerprint density at radius 1 is 1.42 bits per heavy atom. The maximum absolute atomic E-state index is 12.0. The minimum atomic E-state index is -4.61. The zero-order valence-corrected chi connectivity index (χ0v) is 6.53. The Morgan fingerprint density at radius 3 is 2.08 bits per heavy atom. The molecule has 1 amide bonds. The summed E-state index contributed by atoms with van der Waals surface area (Å²) in [5.41, 5.74) is -1.10. The van der Waals surface area contributed by atoms with Gasteiger partial charge in [0.2, 0.25) is 5.60 Å². The van der Waals surface area contributed by atoms with Crippen LogP contribution in [-0.4, -0.2) is 17.9 Å². The number of rotatable bonds is 1. The maximum atomic E-state index is 12.0. The molecule has 0 saturated carbocycles. The van der Waals surface area contributed by atoms with Crippen molar-refractivity contribution in [3.8, 4) is 0 Å². The molecule has 0 radical (unpaired) electrons. The van der Waals surface area contributed by atoms with Crippen LogP contribution in [-0.2, 0) is 4.74 Å². The normalized spacial score (nSPS) is 12.5. The number of carbonyl (C=O) groups is 1. The van der Waals surface area contributed by atoms with E-state index in [2.05, 4.69) is 10.6 Å². The molecule has 0 atom stereocenters.